The van der Waals surface area contributed by atoms with Crippen LogP contribution < -0.4 is 5.32 Å². The maximum Gasteiger partial charge on any atom is 0.220 e. The van der Waals surface area contributed by atoms with Gasteiger partial charge in [-0.2, -0.15) is 0 Å². The van der Waals surface area contributed by atoms with Crippen LogP contribution in [0.4, 0.5) is 0 Å². The predicted molar refractivity (Wildman–Crippen MR) is 59.2 cm³/mol. The highest BCUT2D eigenvalue weighted by Crippen LogP contribution is 2.13. The summed E-state index contributed by atoms with van der Waals surface area (Å²) in [5, 5.41) is 3.15. The van der Waals surface area contributed by atoms with Crippen molar-refractivity contribution in [3.8, 4) is 0 Å². The quantitative estimate of drug-likeness (QED) is 0.724. The molecule has 0 aromatic rings. The van der Waals surface area contributed by atoms with Crippen LogP contribution in [0.5, 0.6) is 0 Å². The molecule has 1 unspecified atom stereocenters. The zero-order chi connectivity index (χ0) is 10.2. The molecule has 1 saturated heterocycles. The molecule has 1 N–H and O–H groups in total. The molecule has 2 heteroatoms. The minimum Gasteiger partial charge on any atom is -0.353 e. The van der Waals surface area contributed by atoms with E-state index in [1.807, 2.05) is 0 Å². The molecule has 1 amide bonds. The van der Waals surface area contributed by atoms with E-state index < -0.39 is 0 Å². The van der Waals surface area contributed by atoms with Gasteiger partial charge in [-0.25, -0.2) is 0 Å². The smallest absolute Gasteiger partial charge is 0.220 e. The molecule has 0 aromatic carbocycles. The Morgan fingerprint density at radius 3 is 2.71 bits per heavy atom. The van der Waals surface area contributed by atoms with Crippen LogP contribution in [0.25, 0.3) is 0 Å². The number of nitrogens with one attached hydrogen (secondary N) is 1. The van der Waals surface area contributed by atoms with Crippen LogP contribution in [0.15, 0.2) is 0 Å². The molecule has 1 aliphatic rings. The van der Waals surface area contributed by atoms with Crippen molar-refractivity contribution < 1.29 is 4.79 Å². The molecule has 1 atom stereocenters. The molecule has 0 aromatic heterocycles. The largest absolute Gasteiger partial charge is 0.353 e. The molecule has 0 radical (unpaired) electrons. The number of hydrogen-bond acceptors (Lipinski definition) is 1. The first-order valence-corrected chi connectivity index (χ1v) is 6.12. The highest BCUT2D eigenvalue weighted by Gasteiger charge is 2.12. The second kappa shape index (κ2) is 6.86. The molecule has 1 heterocycles. The average Bonchev–Trinajstić information content (AvgIpc) is 2.17. The lowest BCUT2D eigenvalue weighted by atomic mass is 10.0. The Morgan fingerprint density at radius 2 is 1.93 bits per heavy atom. The maximum absolute atomic E-state index is 11.5. The Kier molecular flexibility index (Phi) is 5.65. The second-order valence-electron chi connectivity index (χ2n) is 4.36. The van der Waals surface area contributed by atoms with Gasteiger partial charge in [-0.15, -0.1) is 0 Å². The molecular formula is C12H23NO. The summed E-state index contributed by atoms with van der Waals surface area (Å²) in [6.45, 7) is 2.19. The fourth-order valence-electron chi connectivity index (χ4n) is 2.14. The van der Waals surface area contributed by atoms with Crippen molar-refractivity contribution >= 4 is 5.91 Å². The van der Waals surface area contributed by atoms with E-state index in [0.29, 0.717) is 6.04 Å². The van der Waals surface area contributed by atoms with Gasteiger partial charge in [0, 0.05) is 12.5 Å². The zero-order valence-corrected chi connectivity index (χ0v) is 9.35. The number of hydrogen-bond donors (Lipinski definition) is 1. The van der Waals surface area contributed by atoms with Crippen molar-refractivity contribution in [1.82, 2.24) is 5.32 Å². The minimum absolute atomic E-state index is 0.269. The Balaban J connectivity index is 2.35. The van der Waals surface area contributed by atoms with E-state index in [4.69, 9.17) is 0 Å². The van der Waals surface area contributed by atoms with E-state index in [-0.39, 0.29) is 5.91 Å². The Bertz CT molecular complexity index is 168. The van der Waals surface area contributed by atoms with Crippen LogP contribution in [0.2, 0.25) is 0 Å². The summed E-state index contributed by atoms with van der Waals surface area (Å²) in [7, 11) is 0. The van der Waals surface area contributed by atoms with Gasteiger partial charge in [0.15, 0.2) is 0 Å². The SMILES string of the molecule is CCCC1CCCCCCCC(=O)N1. The van der Waals surface area contributed by atoms with Gasteiger partial charge in [0.05, 0.1) is 0 Å². The van der Waals surface area contributed by atoms with Crippen LogP contribution in [-0.4, -0.2) is 11.9 Å². The summed E-state index contributed by atoms with van der Waals surface area (Å²) in [5.74, 6) is 0.269. The molecule has 0 aliphatic carbocycles. The molecular weight excluding hydrogens is 174 g/mol. The second-order valence-corrected chi connectivity index (χ2v) is 4.36. The summed E-state index contributed by atoms with van der Waals surface area (Å²) < 4.78 is 0. The standard InChI is InChI=1S/C12H23NO/c1-2-8-11-9-6-4-3-5-7-10-12(14)13-11/h11H,2-10H2,1H3,(H,13,14). The molecule has 2 nitrogen and oxygen atoms in total. The monoisotopic (exact) mass is 197 g/mol. The van der Waals surface area contributed by atoms with Crippen molar-refractivity contribution in [3.05, 3.63) is 0 Å². The summed E-state index contributed by atoms with van der Waals surface area (Å²) in [4.78, 5) is 11.5. The fourth-order valence-corrected chi connectivity index (χ4v) is 2.14. The van der Waals surface area contributed by atoms with E-state index in [9.17, 15) is 4.79 Å². The number of carbonyl (C=O) groups excluding carboxylic acids is 1. The van der Waals surface area contributed by atoms with Gasteiger partial charge < -0.3 is 5.32 Å². The summed E-state index contributed by atoms with van der Waals surface area (Å²) in [6.07, 6.45) is 10.5. The zero-order valence-electron chi connectivity index (χ0n) is 9.35. The minimum atomic E-state index is 0.269. The van der Waals surface area contributed by atoms with Crippen molar-refractivity contribution in [2.75, 3.05) is 0 Å². The highest BCUT2D eigenvalue weighted by molar-refractivity contribution is 5.76. The topological polar surface area (TPSA) is 29.1 Å². The number of amides is 1. The number of rotatable bonds is 2. The van der Waals surface area contributed by atoms with Gasteiger partial charge >= 0.3 is 0 Å². The van der Waals surface area contributed by atoms with Crippen LogP contribution >= 0.6 is 0 Å². The summed E-state index contributed by atoms with van der Waals surface area (Å²) in [5.41, 5.74) is 0. The summed E-state index contributed by atoms with van der Waals surface area (Å²) in [6, 6.07) is 0.450. The van der Waals surface area contributed by atoms with Crippen LogP contribution in [0.3, 0.4) is 0 Å². The van der Waals surface area contributed by atoms with Gasteiger partial charge in [-0.1, -0.05) is 39.0 Å². The third-order valence-corrected chi connectivity index (χ3v) is 2.96. The lowest BCUT2D eigenvalue weighted by Crippen LogP contribution is -2.34. The van der Waals surface area contributed by atoms with Crippen molar-refractivity contribution in [2.24, 2.45) is 0 Å². The average molecular weight is 197 g/mol. The van der Waals surface area contributed by atoms with Crippen molar-refractivity contribution in [1.29, 1.82) is 0 Å². The molecule has 14 heavy (non-hydrogen) atoms. The molecule has 1 fully saturated rings. The molecule has 0 bridgehead atoms. The normalized spacial score (nSPS) is 25.5. The van der Waals surface area contributed by atoms with Crippen molar-refractivity contribution in [3.63, 3.8) is 0 Å². The van der Waals surface area contributed by atoms with E-state index in [1.165, 1.54) is 38.5 Å². The maximum atomic E-state index is 11.5. The van der Waals surface area contributed by atoms with Gasteiger partial charge in [0.1, 0.15) is 0 Å². The highest BCUT2D eigenvalue weighted by atomic mass is 16.1. The lowest BCUT2D eigenvalue weighted by molar-refractivity contribution is -0.122. The predicted octanol–water partition coefficient (Wildman–Crippen LogP) is 3.02. The van der Waals surface area contributed by atoms with E-state index in [1.54, 1.807) is 0 Å². The lowest BCUT2D eigenvalue weighted by Gasteiger charge is -2.19. The van der Waals surface area contributed by atoms with Crippen LogP contribution in [-0.2, 0) is 4.79 Å². The van der Waals surface area contributed by atoms with E-state index >= 15 is 0 Å². The Labute approximate surface area is 87.5 Å². The fraction of sp³-hybridized carbons (Fsp3) is 0.917. The van der Waals surface area contributed by atoms with Gasteiger partial charge in [-0.3, -0.25) is 4.79 Å². The van der Waals surface area contributed by atoms with Crippen molar-refractivity contribution in [2.45, 2.75) is 70.8 Å². The van der Waals surface area contributed by atoms with Gasteiger partial charge in [0.25, 0.3) is 0 Å². The first kappa shape index (κ1) is 11.5. The number of carbonyl (C=O) groups is 1. The molecule has 1 aliphatic heterocycles. The molecule has 1 rings (SSSR count). The Hall–Kier alpha value is -0.530. The molecule has 0 saturated carbocycles. The third kappa shape index (κ3) is 4.64. The first-order chi connectivity index (χ1) is 6.83. The molecule has 0 spiro atoms. The van der Waals surface area contributed by atoms with E-state index in [0.717, 1.165) is 19.3 Å². The van der Waals surface area contributed by atoms with Gasteiger partial charge in [-0.05, 0) is 19.3 Å². The molecule has 82 valence electrons. The van der Waals surface area contributed by atoms with Gasteiger partial charge in [0.2, 0.25) is 5.91 Å². The van der Waals surface area contributed by atoms with Crippen LogP contribution in [0, 0.1) is 0 Å². The summed E-state index contributed by atoms with van der Waals surface area (Å²) >= 11 is 0. The van der Waals surface area contributed by atoms with Crippen LogP contribution in [0.1, 0.15) is 64.7 Å². The third-order valence-electron chi connectivity index (χ3n) is 2.96. The first-order valence-electron chi connectivity index (χ1n) is 6.12. The Morgan fingerprint density at radius 1 is 1.21 bits per heavy atom. The van der Waals surface area contributed by atoms with E-state index in [2.05, 4.69) is 12.2 Å².